The Bertz CT molecular complexity index is 856. The number of halogens is 6. The number of ether oxygens (including phenoxy) is 1. The Kier molecular flexibility index (Phi) is 5.05. The minimum atomic E-state index is -11.2. The summed E-state index contributed by atoms with van der Waals surface area (Å²) in [4.78, 5) is 0. The molecule has 0 saturated carbocycles. The van der Waals surface area contributed by atoms with Crippen LogP contribution in [0.3, 0.4) is 0 Å². The molecule has 0 aliphatic heterocycles. The van der Waals surface area contributed by atoms with E-state index in [0.29, 0.717) is 0 Å². The minimum absolute atomic E-state index is 0. The average molecular weight is 493 g/mol. The van der Waals surface area contributed by atoms with Crippen molar-refractivity contribution in [3.63, 3.8) is 0 Å². The molecule has 0 bridgehead atoms. The zero-order chi connectivity index (χ0) is 18.8. The summed E-state index contributed by atoms with van der Waals surface area (Å²) in [6.45, 7) is 0.897. The molecule has 0 N–H and O–H groups in total. The molecule has 0 radical (unpaired) electrons. The molecule has 2 nitrogen and oxygen atoms in total. The van der Waals surface area contributed by atoms with Crippen molar-refractivity contribution < 1.29 is 27.6 Å². The van der Waals surface area contributed by atoms with E-state index in [9.17, 15) is 16.9 Å². The molecule has 138 valence electrons. The summed E-state index contributed by atoms with van der Waals surface area (Å²) in [6.07, 6.45) is 0. The minimum Gasteiger partial charge on any atom is 1.00 e. The Morgan fingerprint density at radius 1 is 0.960 bits per heavy atom. The largest absolute Gasteiger partial charge is 1.00 e. The second-order valence-corrected chi connectivity index (χ2v) is 11.5. The third-order valence-corrected chi connectivity index (χ3v) is 3.95. The smallest absolute Gasteiger partial charge is 1.00 e. The molecule has 3 rings (SSSR count). The molecule has 0 fully saturated rings. The standard InChI is InChI=1S/C15H14NOS.6FH.Sb/c1-17-13-8-6-12(7-9-13)10-16-11-18-15-5-3-2-4-14(15)16;;;;;;;/h2-9,11H,10H2,1H3;6*1H;/q+1;;;;;;;+5/p-5. The Balaban J connectivity index is 0.000000366. The first-order chi connectivity index (χ1) is 11.3. The van der Waals surface area contributed by atoms with Gasteiger partial charge in [0.25, 0.3) is 0 Å². The van der Waals surface area contributed by atoms with Crippen LogP contribution >= 0.6 is 11.3 Å². The van der Waals surface area contributed by atoms with E-state index >= 15 is 0 Å². The molecule has 0 amide bonds. The summed E-state index contributed by atoms with van der Waals surface area (Å²) in [7, 11) is 1.69. The van der Waals surface area contributed by atoms with Gasteiger partial charge in [0.1, 0.15) is 10.4 Å². The molecule has 1 heterocycles. The van der Waals surface area contributed by atoms with E-state index in [1.807, 2.05) is 12.1 Å². The van der Waals surface area contributed by atoms with E-state index in [1.165, 1.54) is 15.8 Å². The molecular weight excluding hydrogens is 478 g/mol. The fraction of sp³-hybridized carbons (Fsp3) is 0.133. The average Bonchev–Trinajstić information content (AvgIpc) is 2.88. The monoisotopic (exact) mass is 492 g/mol. The molecule has 0 atom stereocenters. The van der Waals surface area contributed by atoms with Crippen LogP contribution in [0.2, 0.25) is 0 Å². The van der Waals surface area contributed by atoms with E-state index < -0.39 is 19.5 Å². The Morgan fingerprint density at radius 3 is 2.08 bits per heavy atom. The van der Waals surface area contributed by atoms with Gasteiger partial charge in [0, 0.05) is 11.6 Å². The normalized spacial score (nSPS) is 14.2. The van der Waals surface area contributed by atoms with Crippen molar-refractivity contribution in [1.82, 2.24) is 0 Å². The van der Waals surface area contributed by atoms with Crippen molar-refractivity contribution >= 4 is 41.0 Å². The van der Waals surface area contributed by atoms with Gasteiger partial charge in [-0.1, -0.05) is 23.5 Å². The SMILES string of the molecule is COc1ccc(C[n+]2csc3ccccc32)cc1.[F][Sb-]([F])([F])([F])([F])[F].[H+]. The van der Waals surface area contributed by atoms with Crippen molar-refractivity contribution in [3.8, 4) is 5.75 Å². The molecular formula is C15H15F6NOSSb+. The summed E-state index contributed by atoms with van der Waals surface area (Å²) in [5.74, 6) is 0.902. The van der Waals surface area contributed by atoms with Gasteiger partial charge in [-0.05, 0) is 30.3 Å². The van der Waals surface area contributed by atoms with Gasteiger partial charge in [-0.25, -0.2) is 0 Å². The molecule has 1 aromatic heterocycles. The fourth-order valence-electron chi connectivity index (χ4n) is 2.02. The van der Waals surface area contributed by atoms with E-state index in [1.54, 1.807) is 18.4 Å². The van der Waals surface area contributed by atoms with Crippen molar-refractivity contribution in [1.29, 1.82) is 0 Å². The van der Waals surface area contributed by atoms with Gasteiger partial charge in [0.05, 0.1) is 7.11 Å². The molecule has 3 aromatic rings. The summed E-state index contributed by atoms with van der Waals surface area (Å²) in [5.41, 5.74) is 4.75. The Morgan fingerprint density at radius 2 is 1.52 bits per heavy atom. The van der Waals surface area contributed by atoms with Gasteiger partial charge in [0.2, 0.25) is 11.0 Å². The molecule has 0 aliphatic carbocycles. The predicted molar refractivity (Wildman–Crippen MR) is 87.6 cm³/mol. The summed E-state index contributed by atoms with van der Waals surface area (Å²) < 4.78 is 68.3. The summed E-state index contributed by atoms with van der Waals surface area (Å²) >= 11 is -9.47. The van der Waals surface area contributed by atoms with Crippen LogP contribution in [0.4, 0.5) is 16.9 Å². The molecule has 10 heteroatoms. The number of fused-ring (bicyclic) bond motifs is 1. The van der Waals surface area contributed by atoms with Crippen LogP contribution in [0.1, 0.15) is 6.99 Å². The van der Waals surface area contributed by atoms with Crippen LogP contribution in [-0.2, 0) is 6.54 Å². The molecule has 0 saturated heterocycles. The van der Waals surface area contributed by atoms with E-state index in [4.69, 9.17) is 4.74 Å². The second-order valence-electron chi connectivity index (χ2n) is 5.13. The molecule has 0 spiro atoms. The first-order valence-corrected chi connectivity index (χ1v) is 13.5. The fourth-order valence-corrected chi connectivity index (χ4v) is 2.91. The van der Waals surface area contributed by atoms with Crippen molar-refractivity contribution in [2.24, 2.45) is 0 Å². The number of para-hydroxylation sites is 1. The molecule has 0 aliphatic rings. The van der Waals surface area contributed by atoms with Gasteiger partial charge < -0.3 is 4.74 Å². The van der Waals surface area contributed by atoms with E-state index in [0.717, 1.165) is 12.3 Å². The van der Waals surface area contributed by atoms with Gasteiger partial charge in [0.15, 0.2) is 6.54 Å². The molecule has 2 aromatic carbocycles. The third-order valence-electron chi connectivity index (χ3n) is 2.99. The zero-order valence-electron chi connectivity index (χ0n) is 13.9. The van der Waals surface area contributed by atoms with Crippen LogP contribution in [0.15, 0.2) is 54.0 Å². The summed E-state index contributed by atoms with van der Waals surface area (Å²) in [6, 6.07) is 16.7. The number of benzene rings is 2. The van der Waals surface area contributed by atoms with Gasteiger partial charge in [-0.2, -0.15) is 4.57 Å². The number of methoxy groups -OCH3 is 1. The number of rotatable bonds is 3. The van der Waals surface area contributed by atoms with Crippen LogP contribution in [0.25, 0.3) is 10.2 Å². The predicted octanol–water partition coefficient (Wildman–Crippen LogP) is 5.50. The molecule has 25 heavy (non-hydrogen) atoms. The number of thiazole rings is 1. The second kappa shape index (κ2) is 6.36. The van der Waals surface area contributed by atoms with Crippen molar-refractivity contribution in [3.05, 3.63) is 59.6 Å². The Hall–Kier alpha value is -1.47. The van der Waals surface area contributed by atoms with E-state index in [2.05, 4.69) is 46.5 Å². The maximum atomic E-state index is 9.93. The number of nitrogens with zero attached hydrogens (tertiary/aromatic N) is 1. The zero-order valence-corrected chi connectivity index (χ0v) is 16.3. The van der Waals surface area contributed by atoms with Crippen LogP contribution in [0, 0.1) is 0 Å². The van der Waals surface area contributed by atoms with E-state index in [-0.39, 0.29) is 1.43 Å². The van der Waals surface area contributed by atoms with Crippen molar-refractivity contribution in [2.45, 2.75) is 6.54 Å². The number of hydrogen-bond acceptors (Lipinski definition) is 2. The van der Waals surface area contributed by atoms with Gasteiger partial charge in [-0.15, -0.1) is 0 Å². The van der Waals surface area contributed by atoms with Gasteiger partial charge in [-0.3, -0.25) is 0 Å². The number of aromatic nitrogens is 1. The van der Waals surface area contributed by atoms with Crippen molar-refractivity contribution in [2.75, 3.05) is 7.11 Å². The topological polar surface area (TPSA) is 13.1 Å². The maximum Gasteiger partial charge on any atom is 1.00 e. The van der Waals surface area contributed by atoms with Gasteiger partial charge >= 0.3 is 37.8 Å². The molecule has 0 unspecified atom stereocenters. The Labute approximate surface area is 147 Å². The van der Waals surface area contributed by atoms with Crippen LogP contribution in [0.5, 0.6) is 5.75 Å². The van der Waals surface area contributed by atoms with Crippen LogP contribution < -0.4 is 9.30 Å². The third kappa shape index (κ3) is 7.96. The maximum absolute atomic E-state index is 11.2. The first-order valence-electron chi connectivity index (χ1n) is 6.87. The number of hydrogen-bond donors (Lipinski definition) is 0. The first kappa shape index (κ1) is 19.8. The van der Waals surface area contributed by atoms with Crippen LogP contribution in [-0.4, -0.2) is 26.6 Å². The summed E-state index contributed by atoms with van der Waals surface area (Å²) in [5, 5.41) is 0. The quantitative estimate of drug-likeness (QED) is 0.267.